The maximum Gasteiger partial charge on any atom is 0.129 e. The molecule has 1 aromatic rings. The highest BCUT2D eigenvalue weighted by Crippen LogP contribution is 2.40. The Labute approximate surface area is 102 Å². The molecular weight excluding hydrogens is 210 g/mol. The average Bonchev–Trinajstić information content (AvgIpc) is 2.62. The lowest BCUT2D eigenvalue weighted by Gasteiger charge is -2.38. The van der Waals surface area contributed by atoms with Gasteiger partial charge in [0.25, 0.3) is 0 Å². The minimum Gasteiger partial charge on any atom is -0.351 e. The number of pyridine rings is 1. The number of hydrogen-bond donors (Lipinski definition) is 0. The monoisotopic (exact) mass is 227 g/mol. The van der Waals surface area contributed by atoms with Crippen molar-refractivity contribution in [1.82, 2.24) is 4.98 Å². The highest BCUT2D eigenvalue weighted by atomic mass is 15.3. The maximum absolute atomic E-state index is 8.79. The molecule has 2 aliphatic heterocycles. The first-order valence-corrected chi connectivity index (χ1v) is 6.42. The lowest BCUT2D eigenvalue weighted by molar-refractivity contribution is 0.361. The second kappa shape index (κ2) is 4.03. The van der Waals surface area contributed by atoms with E-state index in [1.54, 1.807) is 6.20 Å². The van der Waals surface area contributed by atoms with Crippen LogP contribution in [0.3, 0.4) is 0 Å². The number of rotatable bonds is 1. The molecule has 0 aliphatic carbocycles. The van der Waals surface area contributed by atoms with Crippen LogP contribution in [0.4, 0.5) is 5.82 Å². The summed E-state index contributed by atoms with van der Waals surface area (Å²) in [6, 6.07) is 7.34. The molecule has 88 valence electrons. The van der Waals surface area contributed by atoms with Gasteiger partial charge in [0, 0.05) is 18.3 Å². The Hall–Kier alpha value is -1.56. The van der Waals surface area contributed by atoms with Crippen molar-refractivity contribution in [1.29, 1.82) is 5.26 Å². The molecule has 2 aliphatic rings. The molecule has 0 amide bonds. The lowest BCUT2D eigenvalue weighted by Crippen LogP contribution is -2.42. The largest absolute Gasteiger partial charge is 0.351 e. The standard InChI is InChI=1S/C14H17N3/c1-10-6-12-3-4-13(7-10)17(12)14-5-2-11(8-15)9-16-14/h2,5,9-10,12-13H,3-4,6-7H2,1H3/t10-,12-,13+. The molecule has 3 heteroatoms. The van der Waals surface area contributed by atoms with Gasteiger partial charge in [0.05, 0.1) is 5.56 Å². The Kier molecular flexibility index (Phi) is 2.51. The van der Waals surface area contributed by atoms with Crippen molar-refractivity contribution in [3.05, 3.63) is 23.9 Å². The summed E-state index contributed by atoms with van der Waals surface area (Å²) in [5, 5.41) is 8.79. The number of piperidine rings is 1. The predicted molar refractivity (Wildman–Crippen MR) is 66.6 cm³/mol. The normalized spacial score (nSPS) is 31.3. The van der Waals surface area contributed by atoms with Gasteiger partial charge in [-0.15, -0.1) is 0 Å². The van der Waals surface area contributed by atoms with Gasteiger partial charge in [-0.25, -0.2) is 4.98 Å². The zero-order valence-electron chi connectivity index (χ0n) is 10.1. The van der Waals surface area contributed by atoms with Crippen LogP contribution in [0.5, 0.6) is 0 Å². The number of hydrogen-bond acceptors (Lipinski definition) is 3. The van der Waals surface area contributed by atoms with Crippen molar-refractivity contribution >= 4 is 5.82 Å². The smallest absolute Gasteiger partial charge is 0.129 e. The summed E-state index contributed by atoms with van der Waals surface area (Å²) in [6.07, 6.45) is 6.87. The summed E-state index contributed by atoms with van der Waals surface area (Å²) >= 11 is 0. The van der Waals surface area contributed by atoms with Gasteiger partial charge in [0.2, 0.25) is 0 Å². The van der Waals surface area contributed by atoms with Crippen LogP contribution in [0.15, 0.2) is 18.3 Å². The average molecular weight is 227 g/mol. The van der Waals surface area contributed by atoms with Crippen LogP contribution in [0, 0.1) is 17.2 Å². The van der Waals surface area contributed by atoms with Crippen LogP contribution < -0.4 is 4.90 Å². The molecule has 2 saturated heterocycles. The van der Waals surface area contributed by atoms with E-state index in [1.165, 1.54) is 25.7 Å². The summed E-state index contributed by atoms with van der Waals surface area (Å²) in [7, 11) is 0. The number of nitrogens with zero attached hydrogens (tertiary/aromatic N) is 3. The fourth-order valence-electron chi connectivity index (χ4n) is 3.43. The summed E-state index contributed by atoms with van der Waals surface area (Å²) in [5.41, 5.74) is 0.645. The van der Waals surface area contributed by atoms with Crippen molar-refractivity contribution < 1.29 is 0 Å². The van der Waals surface area contributed by atoms with Crippen molar-refractivity contribution in [3.8, 4) is 6.07 Å². The minimum absolute atomic E-state index is 0.645. The van der Waals surface area contributed by atoms with Crippen molar-refractivity contribution in [2.45, 2.75) is 44.7 Å². The van der Waals surface area contributed by atoms with E-state index in [0.717, 1.165) is 11.7 Å². The van der Waals surface area contributed by atoms with Gasteiger partial charge in [-0.2, -0.15) is 5.26 Å². The summed E-state index contributed by atoms with van der Waals surface area (Å²) < 4.78 is 0. The van der Waals surface area contributed by atoms with E-state index in [1.807, 2.05) is 12.1 Å². The van der Waals surface area contributed by atoms with Crippen LogP contribution >= 0.6 is 0 Å². The van der Waals surface area contributed by atoms with E-state index < -0.39 is 0 Å². The molecule has 0 saturated carbocycles. The van der Waals surface area contributed by atoms with Crippen LogP contribution in [0.2, 0.25) is 0 Å². The molecule has 3 nitrogen and oxygen atoms in total. The Morgan fingerprint density at radius 3 is 2.53 bits per heavy atom. The Morgan fingerprint density at radius 2 is 2.00 bits per heavy atom. The molecule has 0 N–H and O–H groups in total. The second-order valence-electron chi connectivity index (χ2n) is 5.39. The second-order valence-corrected chi connectivity index (χ2v) is 5.39. The minimum atomic E-state index is 0.645. The maximum atomic E-state index is 8.79. The third-order valence-corrected chi connectivity index (χ3v) is 4.11. The molecule has 3 rings (SSSR count). The van der Waals surface area contributed by atoms with Gasteiger partial charge >= 0.3 is 0 Å². The molecule has 1 aromatic heterocycles. The number of fused-ring (bicyclic) bond motifs is 2. The predicted octanol–water partition coefficient (Wildman–Crippen LogP) is 2.72. The summed E-state index contributed by atoms with van der Waals surface area (Å²) in [5.74, 6) is 1.91. The molecular formula is C14H17N3. The number of anilines is 1. The molecule has 17 heavy (non-hydrogen) atoms. The SMILES string of the molecule is C[C@@H]1C[C@H]2CC[C@@H](C1)N2c1ccc(C#N)cn1. The van der Waals surface area contributed by atoms with E-state index in [9.17, 15) is 0 Å². The van der Waals surface area contributed by atoms with Crippen LogP contribution in [0.1, 0.15) is 38.2 Å². The van der Waals surface area contributed by atoms with Crippen LogP contribution in [-0.4, -0.2) is 17.1 Å². The first kappa shape index (κ1) is 10.6. The fourth-order valence-corrected chi connectivity index (χ4v) is 3.43. The number of aromatic nitrogens is 1. The lowest BCUT2D eigenvalue weighted by atomic mass is 9.92. The summed E-state index contributed by atoms with van der Waals surface area (Å²) in [4.78, 5) is 6.93. The van der Waals surface area contributed by atoms with Crippen LogP contribution in [0.25, 0.3) is 0 Å². The zero-order chi connectivity index (χ0) is 11.8. The molecule has 0 spiro atoms. The van der Waals surface area contributed by atoms with E-state index in [-0.39, 0.29) is 0 Å². The molecule has 2 fully saturated rings. The van der Waals surface area contributed by atoms with Gasteiger partial charge in [-0.05, 0) is 43.7 Å². The number of nitriles is 1. The highest BCUT2D eigenvalue weighted by molar-refractivity contribution is 5.46. The van der Waals surface area contributed by atoms with Crippen LogP contribution in [-0.2, 0) is 0 Å². The molecule has 0 aromatic carbocycles. The van der Waals surface area contributed by atoms with Gasteiger partial charge < -0.3 is 4.90 Å². The third kappa shape index (κ3) is 1.78. The van der Waals surface area contributed by atoms with E-state index in [2.05, 4.69) is 22.9 Å². The van der Waals surface area contributed by atoms with Crippen molar-refractivity contribution in [2.75, 3.05) is 4.90 Å². The Morgan fingerprint density at radius 1 is 1.29 bits per heavy atom. The van der Waals surface area contributed by atoms with Gasteiger partial charge in [-0.3, -0.25) is 0 Å². The molecule has 0 unspecified atom stereocenters. The molecule has 2 bridgehead atoms. The third-order valence-electron chi connectivity index (χ3n) is 4.11. The Bertz CT molecular complexity index is 432. The molecule has 3 atom stereocenters. The Balaban J connectivity index is 1.87. The molecule has 0 radical (unpaired) electrons. The van der Waals surface area contributed by atoms with Gasteiger partial charge in [0.15, 0.2) is 0 Å². The first-order valence-electron chi connectivity index (χ1n) is 6.42. The molecule has 3 heterocycles. The fraction of sp³-hybridized carbons (Fsp3) is 0.571. The first-order chi connectivity index (χ1) is 8.28. The van der Waals surface area contributed by atoms with Gasteiger partial charge in [-0.1, -0.05) is 6.92 Å². The zero-order valence-corrected chi connectivity index (χ0v) is 10.1. The quantitative estimate of drug-likeness (QED) is 0.740. The van der Waals surface area contributed by atoms with Crippen molar-refractivity contribution in [2.24, 2.45) is 5.92 Å². The van der Waals surface area contributed by atoms with E-state index >= 15 is 0 Å². The topological polar surface area (TPSA) is 39.9 Å². The van der Waals surface area contributed by atoms with E-state index in [0.29, 0.717) is 17.6 Å². The van der Waals surface area contributed by atoms with E-state index in [4.69, 9.17) is 5.26 Å². The van der Waals surface area contributed by atoms with Crippen molar-refractivity contribution in [3.63, 3.8) is 0 Å². The summed E-state index contributed by atoms with van der Waals surface area (Å²) in [6.45, 7) is 2.36. The highest BCUT2D eigenvalue weighted by Gasteiger charge is 2.39. The van der Waals surface area contributed by atoms with Gasteiger partial charge in [0.1, 0.15) is 11.9 Å².